The highest BCUT2D eigenvalue weighted by Crippen LogP contribution is 2.06. The van der Waals surface area contributed by atoms with Crippen molar-refractivity contribution < 1.29 is 38.4 Å². The van der Waals surface area contributed by atoms with Gasteiger partial charge in [0.2, 0.25) is 35.4 Å². The summed E-state index contributed by atoms with van der Waals surface area (Å²) in [6.45, 7) is 3.08. The summed E-state index contributed by atoms with van der Waals surface area (Å²) in [5, 5.41) is 19.5. The zero-order valence-electron chi connectivity index (χ0n) is 24.2. The number of nitrogens with one attached hydrogen (secondary N) is 8. The number of urea groups is 2. The Labute approximate surface area is 239 Å². The van der Waals surface area contributed by atoms with Crippen molar-refractivity contribution in [3.8, 4) is 0 Å². The van der Waals surface area contributed by atoms with Gasteiger partial charge in [0.1, 0.15) is 12.1 Å². The molecule has 232 valence electrons. The highest BCUT2D eigenvalue weighted by molar-refractivity contribution is 5.99. The first-order valence-electron chi connectivity index (χ1n) is 13.5. The highest BCUT2D eigenvalue weighted by Gasteiger charge is 2.23. The summed E-state index contributed by atoms with van der Waals surface area (Å²) in [6, 6.07) is -2.63. The maximum Gasteiger partial charge on any atom is 0.314 e. The second-order valence-corrected chi connectivity index (χ2v) is 9.19. The van der Waals surface area contributed by atoms with Gasteiger partial charge in [0.05, 0.1) is 0 Å². The van der Waals surface area contributed by atoms with Gasteiger partial charge < -0.3 is 31.9 Å². The Morgan fingerprint density at radius 2 is 0.902 bits per heavy atom. The van der Waals surface area contributed by atoms with Crippen LogP contribution in [0.3, 0.4) is 0 Å². The van der Waals surface area contributed by atoms with Crippen molar-refractivity contribution in [2.75, 3.05) is 27.2 Å². The molecule has 16 heteroatoms. The van der Waals surface area contributed by atoms with Crippen LogP contribution in [0.5, 0.6) is 0 Å². The molecular formula is C25H44N8O8. The van der Waals surface area contributed by atoms with E-state index in [9.17, 15) is 38.4 Å². The van der Waals surface area contributed by atoms with Crippen LogP contribution in [0.1, 0.15) is 71.6 Å². The van der Waals surface area contributed by atoms with E-state index in [1.54, 1.807) is 0 Å². The van der Waals surface area contributed by atoms with E-state index < -0.39 is 47.5 Å². The summed E-state index contributed by atoms with van der Waals surface area (Å²) in [4.78, 5) is 94.6. The van der Waals surface area contributed by atoms with E-state index in [-0.39, 0.29) is 44.2 Å². The van der Waals surface area contributed by atoms with E-state index in [4.69, 9.17) is 0 Å². The molecule has 0 radical (unpaired) electrons. The molecule has 0 fully saturated rings. The summed E-state index contributed by atoms with van der Waals surface area (Å²) >= 11 is 0. The van der Waals surface area contributed by atoms with Crippen LogP contribution < -0.4 is 42.5 Å². The monoisotopic (exact) mass is 584 g/mol. The molecule has 0 heterocycles. The Hall–Kier alpha value is -4.24. The van der Waals surface area contributed by atoms with Crippen LogP contribution in [0.4, 0.5) is 9.59 Å². The first-order chi connectivity index (χ1) is 19.4. The zero-order valence-corrected chi connectivity index (χ0v) is 24.2. The molecule has 0 aromatic carbocycles. The van der Waals surface area contributed by atoms with E-state index in [0.29, 0.717) is 38.8 Å². The van der Waals surface area contributed by atoms with Gasteiger partial charge >= 0.3 is 12.1 Å². The van der Waals surface area contributed by atoms with Crippen molar-refractivity contribution >= 4 is 47.5 Å². The second-order valence-electron chi connectivity index (χ2n) is 9.19. The van der Waals surface area contributed by atoms with Crippen LogP contribution >= 0.6 is 0 Å². The first-order valence-corrected chi connectivity index (χ1v) is 13.5. The molecule has 2 atom stereocenters. The second kappa shape index (κ2) is 21.6. The van der Waals surface area contributed by atoms with Crippen molar-refractivity contribution in [1.29, 1.82) is 0 Å². The number of hydrogen-bond acceptors (Lipinski definition) is 8. The van der Waals surface area contributed by atoms with E-state index in [2.05, 4.69) is 42.5 Å². The van der Waals surface area contributed by atoms with Gasteiger partial charge in [0, 0.05) is 53.9 Å². The minimum atomic E-state index is -0.974. The first kappa shape index (κ1) is 36.8. The van der Waals surface area contributed by atoms with Crippen molar-refractivity contribution in [3.05, 3.63) is 0 Å². The lowest BCUT2D eigenvalue weighted by molar-refractivity contribution is -0.134. The van der Waals surface area contributed by atoms with Crippen LogP contribution in [-0.4, -0.2) is 86.8 Å². The van der Waals surface area contributed by atoms with Crippen molar-refractivity contribution in [2.45, 2.75) is 83.7 Å². The summed E-state index contributed by atoms with van der Waals surface area (Å²) in [5.74, 6) is -3.46. The average Bonchev–Trinajstić information content (AvgIpc) is 2.90. The molecule has 0 aromatic rings. The molecule has 16 nitrogen and oxygen atoms in total. The molecule has 0 aromatic heterocycles. The lowest BCUT2D eigenvalue weighted by Crippen LogP contribution is -2.48. The minimum absolute atomic E-state index is 0.0923. The molecule has 0 saturated carbocycles. The summed E-state index contributed by atoms with van der Waals surface area (Å²) in [7, 11) is 2.97. The van der Waals surface area contributed by atoms with Gasteiger partial charge in [-0.2, -0.15) is 0 Å². The fourth-order valence-corrected chi connectivity index (χ4v) is 3.53. The molecule has 8 N–H and O–H groups in total. The predicted molar refractivity (Wildman–Crippen MR) is 148 cm³/mol. The Kier molecular flexibility index (Phi) is 19.3. The quantitative estimate of drug-likeness (QED) is 0.0895. The zero-order chi connectivity index (χ0) is 31.2. The van der Waals surface area contributed by atoms with Gasteiger partial charge in [-0.3, -0.25) is 39.4 Å². The Balaban J connectivity index is 4.77. The normalized spacial score (nSPS) is 11.6. The number of rotatable bonds is 18. The van der Waals surface area contributed by atoms with Gasteiger partial charge in [0.25, 0.3) is 0 Å². The molecule has 0 aliphatic heterocycles. The van der Waals surface area contributed by atoms with E-state index in [1.807, 2.05) is 0 Å². The number of imide groups is 2. The molecule has 0 bridgehead atoms. The lowest BCUT2D eigenvalue weighted by Gasteiger charge is -2.19. The van der Waals surface area contributed by atoms with Crippen LogP contribution in [0, 0.1) is 0 Å². The largest absolute Gasteiger partial charge is 0.344 e. The molecule has 0 saturated heterocycles. The van der Waals surface area contributed by atoms with Crippen molar-refractivity contribution in [1.82, 2.24) is 42.5 Å². The standard InChI is InChI=1S/C25H44N8O8/c1-16(34)30-22(38)18(10-5-7-14-28-24(40)26-3)32-20(36)12-9-13-21(37)33-19(23(39)31-17(2)35)11-6-8-15-29-25(41)27-4/h18-19H,5-15H2,1-4H3,(H,32,36)(H,33,37)(H2,26,28,40)(H2,27,29,41)(H,30,34,38)(H,31,35,39). The number of carbonyl (C=O) groups is 8. The summed E-state index contributed by atoms with van der Waals surface area (Å²) in [5.41, 5.74) is 0. The maximum atomic E-state index is 12.5. The van der Waals surface area contributed by atoms with Gasteiger partial charge in [0.15, 0.2) is 0 Å². The molecule has 0 aliphatic carbocycles. The van der Waals surface area contributed by atoms with Crippen LogP contribution in [-0.2, 0) is 28.8 Å². The predicted octanol–water partition coefficient (Wildman–Crippen LogP) is -1.35. The summed E-state index contributed by atoms with van der Waals surface area (Å²) < 4.78 is 0. The molecule has 0 aliphatic rings. The van der Waals surface area contributed by atoms with Crippen LogP contribution in [0.15, 0.2) is 0 Å². The van der Waals surface area contributed by atoms with E-state index >= 15 is 0 Å². The smallest absolute Gasteiger partial charge is 0.314 e. The Bertz CT molecular complexity index is 855. The number of unbranched alkanes of at least 4 members (excludes halogenated alkanes) is 2. The average molecular weight is 585 g/mol. The third-order valence-electron chi connectivity index (χ3n) is 5.57. The molecule has 41 heavy (non-hydrogen) atoms. The number of hydrogen-bond donors (Lipinski definition) is 8. The third kappa shape index (κ3) is 19.5. The Morgan fingerprint density at radius 1 is 0.537 bits per heavy atom. The molecule has 0 spiro atoms. The highest BCUT2D eigenvalue weighted by atomic mass is 16.2. The van der Waals surface area contributed by atoms with Crippen LogP contribution in [0.2, 0.25) is 0 Å². The molecular weight excluding hydrogens is 540 g/mol. The topological polar surface area (TPSA) is 233 Å². The van der Waals surface area contributed by atoms with Gasteiger partial charge in [-0.25, -0.2) is 9.59 Å². The summed E-state index contributed by atoms with van der Waals surface area (Å²) in [6.07, 6.45) is 2.43. The number of carbonyl (C=O) groups excluding carboxylic acids is 8. The van der Waals surface area contributed by atoms with Gasteiger partial charge in [-0.15, -0.1) is 0 Å². The molecule has 0 rings (SSSR count). The maximum absolute atomic E-state index is 12.5. The van der Waals surface area contributed by atoms with Gasteiger partial charge in [-0.1, -0.05) is 0 Å². The number of amides is 10. The molecule has 2 unspecified atom stereocenters. The Morgan fingerprint density at radius 3 is 1.22 bits per heavy atom. The van der Waals surface area contributed by atoms with Crippen molar-refractivity contribution in [2.24, 2.45) is 0 Å². The van der Waals surface area contributed by atoms with E-state index in [0.717, 1.165) is 0 Å². The van der Waals surface area contributed by atoms with E-state index in [1.165, 1.54) is 27.9 Å². The van der Waals surface area contributed by atoms with Gasteiger partial charge in [-0.05, 0) is 44.9 Å². The van der Waals surface area contributed by atoms with Crippen molar-refractivity contribution in [3.63, 3.8) is 0 Å². The minimum Gasteiger partial charge on any atom is -0.344 e. The fourth-order valence-electron chi connectivity index (χ4n) is 3.53. The molecule has 10 amide bonds. The SMILES string of the molecule is CNC(=O)NCCCCC(NC(=O)CCCC(=O)NC(CCCCNC(=O)NC)C(=O)NC(C)=O)C(=O)NC(C)=O. The fraction of sp³-hybridized carbons (Fsp3) is 0.680. The third-order valence-corrected chi connectivity index (χ3v) is 5.57. The lowest BCUT2D eigenvalue weighted by atomic mass is 10.1. The van der Waals surface area contributed by atoms with Crippen LogP contribution in [0.25, 0.3) is 0 Å².